The first kappa shape index (κ1) is 16.7. The molecular weight excluding hydrogens is 296 g/mol. The molecule has 1 rings (SSSR count). The topological polar surface area (TPSA) is 34.1 Å². The Balaban J connectivity index is 2.31. The lowest BCUT2D eigenvalue weighted by Crippen LogP contribution is -1.99. The van der Waals surface area contributed by atoms with Gasteiger partial charge in [-0.1, -0.05) is 23.9 Å². The van der Waals surface area contributed by atoms with Crippen molar-refractivity contribution in [1.29, 1.82) is 0 Å². The van der Waals surface area contributed by atoms with E-state index in [1.54, 1.807) is 24.3 Å². The molecule has 0 aliphatic heterocycles. The van der Waals surface area contributed by atoms with Gasteiger partial charge in [0.1, 0.15) is 0 Å². The van der Waals surface area contributed by atoms with Crippen molar-refractivity contribution in [1.82, 2.24) is 0 Å². The third-order valence-corrected chi connectivity index (χ3v) is 5.44. The predicted molar refractivity (Wildman–Crippen MR) is 88.9 cm³/mol. The Morgan fingerprint density at radius 2 is 1.53 bits per heavy atom. The minimum atomic E-state index is 0.0249. The van der Waals surface area contributed by atoms with Crippen molar-refractivity contribution in [3.63, 3.8) is 0 Å². The van der Waals surface area contributed by atoms with Gasteiger partial charge in [0.05, 0.1) is 0 Å². The van der Waals surface area contributed by atoms with Crippen LogP contribution in [0.2, 0.25) is 0 Å². The lowest BCUT2D eigenvalue weighted by atomic mass is 10.1. The second kappa shape index (κ2) is 9.50. The van der Waals surface area contributed by atoms with Crippen LogP contribution in [0.15, 0.2) is 24.3 Å². The third kappa shape index (κ3) is 6.54. The number of carbonyl (C=O) groups excluding carboxylic acids is 2. The van der Waals surface area contributed by atoms with Crippen molar-refractivity contribution in [3.8, 4) is 0 Å². The quantitative estimate of drug-likeness (QED) is 0.537. The van der Waals surface area contributed by atoms with Crippen molar-refractivity contribution < 1.29 is 9.59 Å². The summed E-state index contributed by atoms with van der Waals surface area (Å²) >= 11 is 5.08. The molecule has 0 saturated carbocycles. The predicted octanol–water partition coefficient (Wildman–Crippen LogP) is 3.86. The van der Waals surface area contributed by atoms with Crippen LogP contribution in [0, 0.1) is 0 Å². The first-order chi connectivity index (χ1) is 9.15. The maximum absolute atomic E-state index is 11.9. The maximum Gasteiger partial charge on any atom is 0.219 e. The molecule has 0 fully saturated rings. The number of thioether (sulfide) groups is 3. The summed E-state index contributed by atoms with van der Waals surface area (Å²) in [5, 5.41) is 0.0839. The third-order valence-electron chi connectivity index (χ3n) is 2.42. The molecule has 0 aliphatic rings. The Kier molecular flexibility index (Phi) is 8.34. The molecule has 0 saturated heterocycles. The number of benzene rings is 1. The summed E-state index contributed by atoms with van der Waals surface area (Å²) in [5.74, 6) is 4.17. The van der Waals surface area contributed by atoms with E-state index in [0.717, 1.165) is 23.0 Å². The van der Waals surface area contributed by atoms with E-state index in [1.165, 1.54) is 18.7 Å². The van der Waals surface area contributed by atoms with Gasteiger partial charge in [0.2, 0.25) is 5.12 Å². The fraction of sp³-hybridized carbons (Fsp3) is 0.429. The van der Waals surface area contributed by atoms with E-state index in [4.69, 9.17) is 0 Å². The minimum absolute atomic E-state index is 0.0249. The highest BCUT2D eigenvalue weighted by Crippen LogP contribution is 2.16. The molecule has 104 valence electrons. The van der Waals surface area contributed by atoms with E-state index < -0.39 is 0 Å². The molecule has 0 amide bonds. The zero-order valence-corrected chi connectivity index (χ0v) is 13.6. The number of rotatable bonds is 8. The van der Waals surface area contributed by atoms with E-state index in [9.17, 15) is 9.59 Å². The van der Waals surface area contributed by atoms with Gasteiger partial charge in [0, 0.05) is 34.1 Å². The van der Waals surface area contributed by atoms with Gasteiger partial charge in [0.15, 0.2) is 5.78 Å². The molecule has 0 unspecified atom stereocenters. The van der Waals surface area contributed by atoms with Crippen LogP contribution in [0.25, 0.3) is 0 Å². The van der Waals surface area contributed by atoms with Crippen molar-refractivity contribution in [3.05, 3.63) is 35.4 Å². The van der Waals surface area contributed by atoms with Gasteiger partial charge in [-0.05, 0) is 25.3 Å². The molecule has 1 aromatic rings. The fourth-order valence-corrected chi connectivity index (χ4v) is 4.00. The number of hydrogen-bond donors (Lipinski definition) is 0. The molecule has 0 atom stereocenters. The molecule has 0 aromatic heterocycles. The molecule has 0 heterocycles. The molecule has 0 bridgehead atoms. The van der Waals surface area contributed by atoms with Crippen LogP contribution in [0.1, 0.15) is 27.6 Å². The standard InChI is InChI=1S/C14H18O2S3/c1-11(15)12-3-5-13(6-4-12)14(16)19-10-9-18-8-7-17-2/h3-6H,7-10H2,1-2H3. The summed E-state index contributed by atoms with van der Waals surface area (Å²) in [4.78, 5) is 23.0. The summed E-state index contributed by atoms with van der Waals surface area (Å²) in [7, 11) is 0. The summed E-state index contributed by atoms with van der Waals surface area (Å²) in [6.07, 6.45) is 2.10. The Hall–Kier alpha value is -0.390. The van der Waals surface area contributed by atoms with E-state index in [0.29, 0.717) is 11.1 Å². The van der Waals surface area contributed by atoms with Gasteiger partial charge in [0.25, 0.3) is 0 Å². The van der Waals surface area contributed by atoms with E-state index in [1.807, 2.05) is 23.5 Å². The molecule has 0 radical (unpaired) electrons. The monoisotopic (exact) mass is 314 g/mol. The Bertz CT molecular complexity index is 415. The molecular formula is C14H18O2S3. The van der Waals surface area contributed by atoms with Crippen molar-refractivity contribution in [2.24, 2.45) is 0 Å². The van der Waals surface area contributed by atoms with Crippen LogP contribution < -0.4 is 0 Å². The zero-order chi connectivity index (χ0) is 14.1. The minimum Gasteiger partial charge on any atom is -0.295 e. The van der Waals surface area contributed by atoms with Gasteiger partial charge >= 0.3 is 0 Å². The number of carbonyl (C=O) groups is 2. The summed E-state index contributed by atoms with van der Waals surface area (Å²) in [5.41, 5.74) is 1.32. The Morgan fingerprint density at radius 3 is 2.11 bits per heavy atom. The van der Waals surface area contributed by atoms with Crippen LogP contribution in [-0.2, 0) is 0 Å². The van der Waals surface area contributed by atoms with E-state index in [-0.39, 0.29) is 10.9 Å². The lowest BCUT2D eigenvalue weighted by molar-refractivity contribution is 0.101. The van der Waals surface area contributed by atoms with E-state index >= 15 is 0 Å². The van der Waals surface area contributed by atoms with Crippen molar-refractivity contribution in [2.45, 2.75) is 6.92 Å². The number of ketones is 1. The number of hydrogen-bond acceptors (Lipinski definition) is 5. The van der Waals surface area contributed by atoms with Crippen LogP contribution in [-0.4, -0.2) is 40.2 Å². The second-order valence-corrected chi connectivity index (χ2v) is 7.15. The average Bonchev–Trinajstić information content (AvgIpc) is 2.42. The van der Waals surface area contributed by atoms with Gasteiger partial charge in [-0.15, -0.1) is 0 Å². The first-order valence-corrected chi connectivity index (χ1v) is 9.53. The van der Waals surface area contributed by atoms with Crippen molar-refractivity contribution in [2.75, 3.05) is 29.3 Å². The van der Waals surface area contributed by atoms with Crippen LogP contribution >= 0.6 is 35.3 Å². The molecule has 5 heteroatoms. The lowest BCUT2D eigenvalue weighted by Gasteiger charge is -2.02. The van der Waals surface area contributed by atoms with Crippen LogP contribution in [0.5, 0.6) is 0 Å². The molecule has 0 spiro atoms. The highest BCUT2D eigenvalue weighted by molar-refractivity contribution is 8.14. The first-order valence-electron chi connectivity index (χ1n) is 6.00. The molecule has 0 aliphatic carbocycles. The van der Waals surface area contributed by atoms with Gasteiger partial charge in [-0.3, -0.25) is 9.59 Å². The highest BCUT2D eigenvalue weighted by Gasteiger charge is 2.07. The zero-order valence-electron chi connectivity index (χ0n) is 11.2. The highest BCUT2D eigenvalue weighted by atomic mass is 32.2. The molecule has 19 heavy (non-hydrogen) atoms. The average molecular weight is 314 g/mol. The van der Waals surface area contributed by atoms with Gasteiger partial charge < -0.3 is 0 Å². The molecule has 2 nitrogen and oxygen atoms in total. The molecule has 0 N–H and O–H groups in total. The smallest absolute Gasteiger partial charge is 0.219 e. The van der Waals surface area contributed by atoms with Crippen molar-refractivity contribution >= 4 is 46.2 Å². The van der Waals surface area contributed by atoms with Crippen LogP contribution in [0.3, 0.4) is 0 Å². The number of Topliss-reactive ketones (excluding diaryl/α,β-unsaturated/α-hetero) is 1. The van der Waals surface area contributed by atoms with Gasteiger partial charge in [-0.25, -0.2) is 0 Å². The summed E-state index contributed by atoms with van der Waals surface area (Å²) < 4.78 is 0. The maximum atomic E-state index is 11.9. The molecule has 1 aromatic carbocycles. The largest absolute Gasteiger partial charge is 0.295 e. The second-order valence-electron chi connectivity index (χ2n) is 3.87. The SMILES string of the molecule is CSCCSCCSC(=O)c1ccc(C(C)=O)cc1. The Labute approximate surface area is 127 Å². The fourth-order valence-electron chi connectivity index (χ4n) is 1.36. The van der Waals surface area contributed by atoms with E-state index in [2.05, 4.69) is 6.26 Å². The Morgan fingerprint density at radius 1 is 0.947 bits per heavy atom. The normalized spacial score (nSPS) is 10.4. The summed E-state index contributed by atoms with van der Waals surface area (Å²) in [6.45, 7) is 1.53. The van der Waals surface area contributed by atoms with Crippen LogP contribution in [0.4, 0.5) is 0 Å². The van der Waals surface area contributed by atoms with Gasteiger partial charge in [-0.2, -0.15) is 23.5 Å². The summed E-state index contributed by atoms with van der Waals surface area (Å²) in [6, 6.07) is 6.88.